The summed E-state index contributed by atoms with van der Waals surface area (Å²) in [7, 11) is 0. The first-order valence-corrected chi connectivity index (χ1v) is 7.88. The summed E-state index contributed by atoms with van der Waals surface area (Å²) in [6.45, 7) is 0.728. The standard InChI is InChI=1S/C13H21N3O6S/c17-10(18)4-3-8(13(21)22)15-12(20)9(6-23)16-11(19)7-2-1-5-14-7/h7-9,14,23H,1-6H2,(H,15,20)(H,16,19)(H,17,18)(H,21,22). The van der Waals surface area contributed by atoms with Gasteiger partial charge in [0.15, 0.2) is 0 Å². The highest BCUT2D eigenvalue weighted by atomic mass is 32.1. The number of carboxylic acids is 2. The van der Waals surface area contributed by atoms with Gasteiger partial charge < -0.3 is 26.2 Å². The molecule has 0 aromatic rings. The number of hydrogen-bond donors (Lipinski definition) is 6. The van der Waals surface area contributed by atoms with Gasteiger partial charge in [0.2, 0.25) is 11.8 Å². The van der Waals surface area contributed by atoms with Crippen molar-refractivity contribution in [3.8, 4) is 0 Å². The van der Waals surface area contributed by atoms with Crippen molar-refractivity contribution >= 4 is 36.4 Å². The zero-order valence-corrected chi connectivity index (χ0v) is 13.3. The van der Waals surface area contributed by atoms with E-state index in [4.69, 9.17) is 10.2 Å². The highest BCUT2D eigenvalue weighted by Crippen LogP contribution is 2.06. The summed E-state index contributed by atoms with van der Waals surface area (Å²) in [5, 5.41) is 25.4. The SMILES string of the molecule is O=C(O)CCC(NC(=O)C(CS)NC(=O)C1CCCN1)C(=O)O. The van der Waals surface area contributed by atoms with E-state index in [1.807, 2.05) is 0 Å². The number of carbonyl (C=O) groups excluding carboxylic acids is 2. The first-order chi connectivity index (χ1) is 10.8. The third-order valence-corrected chi connectivity index (χ3v) is 3.82. The minimum Gasteiger partial charge on any atom is -0.481 e. The predicted octanol–water partition coefficient (Wildman–Crippen LogP) is -1.41. The van der Waals surface area contributed by atoms with Crippen molar-refractivity contribution in [2.45, 2.75) is 43.8 Å². The average molecular weight is 347 g/mol. The molecule has 0 saturated carbocycles. The predicted molar refractivity (Wildman–Crippen MR) is 83.2 cm³/mol. The van der Waals surface area contributed by atoms with Crippen molar-refractivity contribution in [3.05, 3.63) is 0 Å². The first kappa shape index (κ1) is 19.2. The molecule has 130 valence electrons. The van der Waals surface area contributed by atoms with E-state index < -0.39 is 29.9 Å². The van der Waals surface area contributed by atoms with Crippen LogP contribution in [0, 0.1) is 0 Å². The smallest absolute Gasteiger partial charge is 0.326 e. The molecule has 2 amide bonds. The Balaban J connectivity index is 2.57. The van der Waals surface area contributed by atoms with Crippen LogP contribution < -0.4 is 16.0 Å². The van der Waals surface area contributed by atoms with E-state index in [9.17, 15) is 19.2 Å². The molecule has 1 aliphatic rings. The molecule has 3 unspecified atom stereocenters. The molecule has 10 heteroatoms. The van der Waals surface area contributed by atoms with E-state index in [-0.39, 0.29) is 30.5 Å². The van der Waals surface area contributed by atoms with Crippen LogP contribution >= 0.6 is 12.6 Å². The number of hydrogen-bond acceptors (Lipinski definition) is 6. The third kappa shape index (κ3) is 6.45. The Bertz CT molecular complexity index is 467. The van der Waals surface area contributed by atoms with Gasteiger partial charge >= 0.3 is 11.9 Å². The molecular weight excluding hydrogens is 326 g/mol. The topological polar surface area (TPSA) is 145 Å². The van der Waals surface area contributed by atoms with Gasteiger partial charge in [0.25, 0.3) is 0 Å². The second-order valence-corrected chi connectivity index (χ2v) is 5.59. The maximum atomic E-state index is 12.1. The van der Waals surface area contributed by atoms with Crippen LogP contribution in [-0.4, -0.2) is 64.4 Å². The van der Waals surface area contributed by atoms with Crippen molar-refractivity contribution in [2.24, 2.45) is 0 Å². The third-order valence-electron chi connectivity index (χ3n) is 3.45. The minimum absolute atomic E-state index is 0.00440. The molecule has 0 radical (unpaired) electrons. The van der Waals surface area contributed by atoms with Crippen LogP contribution in [0.1, 0.15) is 25.7 Å². The van der Waals surface area contributed by atoms with Crippen LogP contribution in [0.2, 0.25) is 0 Å². The van der Waals surface area contributed by atoms with Crippen molar-refractivity contribution in [1.82, 2.24) is 16.0 Å². The molecular formula is C13H21N3O6S. The molecule has 1 aliphatic heterocycles. The summed E-state index contributed by atoms with van der Waals surface area (Å²) >= 11 is 3.99. The van der Waals surface area contributed by atoms with E-state index in [0.717, 1.165) is 13.0 Å². The molecule has 0 aliphatic carbocycles. The van der Waals surface area contributed by atoms with Gasteiger partial charge in [0.1, 0.15) is 12.1 Å². The second kappa shape index (κ2) is 9.36. The molecule has 9 nitrogen and oxygen atoms in total. The maximum absolute atomic E-state index is 12.1. The van der Waals surface area contributed by atoms with Crippen LogP contribution in [-0.2, 0) is 19.2 Å². The molecule has 3 atom stereocenters. The quantitative estimate of drug-likeness (QED) is 0.281. The Kier molecular flexibility index (Phi) is 7.83. The van der Waals surface area contributed by atoms with E-state index in [1.54, 1.807) is 0 Å². The highest BCUT2D eigenvalue weighted by molar-refractivity contribution is 7.80. The molecule has 0 aromatic heterocycles. The number of rotatable bonds is 9. The Hall–Kier alpha value is -1.81. The summed E-state index contributed by atoms with van der Waals surface area (Å²) in [6, 6.07) is -2.69. The number of aliphatic carboxylic acids is 2. The number of thiol groups is 1. The Labute approximate surface area is 138 Å². The summed E-state index contributed by atoms with van der Waals surface area (Å²) in [6.07, 6.45) is 0.907. The lowest BCUT2D eigenvalue weighted by Gasteiger charge is -2.21. The van der Waals surface area contributed by atoms with Crippen LogP contribution in [0.5, 0.6) is 0 Å². The van der Waals surface area contributed by atoms with Crippen LogP contribution in [0.15, 0.2) is 0 Å². The molecule has 0 bridgehead atoms. The Morgan fingerprint density at radius 1 is 1.17 bits per heavy atom. The van der Waals surface area contributed by atoms with Gasteiger partial charge in [-0.3, -0.25) is 14.4 Å². The first-order valence-electron chi connectivity index (χ1n) is 7.24. The van der Waals surface area contributed by atoms with E-state index >= 15 is 0 Å². The monoisotopic (exact) mass is 347 g/mol. The summed E-state index contributed by atoms with van der Waals surface area (Å²) in [4.78, 5) is 45.6. The molecule has 5 N–H and O–H groups in total. The summed E-state index contributed by atoms with van der Waals surface area (Å²) < 4.78 is 0. The average Bonchev–Trinajstić information content (AvgIpc) is 3.02. The number of amides is 2. The van der Waals surface area contributed by atoms with E-state index in [1.165, 1.54) is 0 Å². The molecule has 1 fully saturated rings. The molecule has 1 rings (SSSR count). The van der Waals surface area contributed by atoms with Crippen molar-refractivity contribution < 1.29 is 29.4 Å². The zero-order valence-electron chi connectivity index (χ0n) is 12.4. The fourth-order valence-corrected chi connectivity index (χ4v) is 2.43. The maximum Gasteiger partial charge on any atom is 0.326 e. The lowest BCUT2D eigenvalue weighted by Crippen LogP contribution is -2.55. The molecule has 0 spiro atoms. The largest absolute Gasteiger partial charge is 0.481 e. The van der Waals surface area contributed by atoms with Crippen LogP contribution in [0.3, 0.4) is 0 Å². The zero-order chi connectivity index (χ0) is 17.4. The number of carbonyl (C=O) groups is 4. The summed E-state index contributed by atoms with van der Waals surface area (Å²) in [5.74, 6) is -3.54. The van der Waals surface area contributed by atoms with Crippen molar-refractivity contribution in [3.63, 3.8) is 0 Å². The van der Waals surface area contributed by atoms with Crippen molar-refractivity contribution in [2.75, 3.05) is 12.3 Å². The van der Waals surface area contributed by atoms with Gasteiger partial charge in [0, 0.05) is 12.2 Å². The Morgan fingerprint density at radius 2 is 1.87 bits per heavy atom. The molecule has 0 aromatic carbocycles. The van der Waals surface area contributed by atoms with Gasteiger partial charge in [-0.05, 0) is 25.8 Å². The molecule has 1 saturated heterocycles. The van der Waals surface area contributed by atoms with Gasteiger partial charge in [-0.2, -0.15) is 12.6 Å². The lowest BCUT2D eigenvalue weighted by atomic mass is 10.1. The van der Waals surface area contributed by atoms with E-state index in [0.29, 0.717) is 6.42 Å². The number of nitrogens with one attached hydrogen (secondary N) is 3. The van der Waals surface area contributed by atoms with E-state index in [2.05, 4.69) is 28.6 Å². The minimum atomic E-state index is -1.33. The van der Waals surface area contributed by atoms with Gasteiger partial charge in [0.05, 0.1) is 6.04 Å². The molecule has 23 heavy (non-hydrogen) atoms. The van der Waals surface area contributed by atoms with Gasteiger partial charge in [-0.25, -0.2) is 4.79 Å². The fourth-order valence-electron chi connectivity index (χ4n) is 2.17. The normalized spacial score (nSPS) is 19.6. The fraction of sp³-hybridized carbons (Fsp3) is 0.692. The highest BCUT2D eigenvalue weighted by Gasteiger charge is 2.29. The van der Waals surface area contributed by atoms with Gasteiger partial charge in [-0.15, -0.1) is 0 Å². The molecule has 1 heterocycles. The number of carboxylic acid groups (broad SMARTS) is 2. The van der Waals surface area contributed by atoms with Crippen LogP contribution in [0.4, 0.5) is 0 Å². The van der Waals surface area contributed by atoms with Crippen LogP contribution in [0.25, 0.3) is 0 Å². The Morgan fingerprint density at radius 3 is 2.35 bits per heavy atom. The van der Waals surface area contributed by atoms with Gasteiger partial charge in [-0.1, -0.05) is 0 Å². The summed E-state index contributed by atoms with van der Waals surface area (Å²) in [5.41, 5.74) is 0. The second-order valence-electron chi connectivity index (χ2n) is 5.22. The lowest BCUT2D eigenvalue weighted by molar-refractivity contribution is -0.143. The van der Waals surface area contributed by atoms with Crippen molar-refractivity contribution in [1.29, 1.82) is 0 Å².